The van der Waals surface area contributed by atoms with Crippen molar-refractivity contribution in [1.82, 2.24) is 10.2 Å². The van der Waals surface area contributed by atoms with Crippen molar-refractivity contribution >= 4 is 11.8 Å². The summed E-state index contributed by atoms with van der Waals surface area (Å²) in [5.74, 6) is -0.173. The molecule has 2 aliphatic carbocycles. The van der Waals surface area contributed by atoms with E-state index in [1.54, 1.807) is 0 Å². The third-order valence-electron chi connectivity index (χ3n) is 7.46. The lowest BCUT2D eigenvalue weighted by Crippen LogP contribution is -2.56. The Labute approximate surface area is 162 Å². The molecule has 27 heavy (non-hydrogen) atoms. The smallest absolute Gasteiger partial charge is 0.247 e. The SMILES string of the molecule is CC(=O)NC(C(=O)N1CCC2(CC1)CC2)C(C)OCC12CCC(CC1)OC2. The van der Waals surface area contributed by atoms with Gasteiger partial charge >= 0.3 is 0 Å². The first-order valence-corrected chi connectivity index (χ1v) is 10.7. The second kappa shape index (κ2) is 7.36. The Kier molecular flexibility index (Phi) is 5.23. The summed E-state index contributed by atoms with van der Waals surface area (Å²) in [4.78, 5) is 26.8. The van der Waals surface area contributed by atoms with Gasteiger partial charge in [0.25, 0.3) is 0 Å². The molecule has 152 valence electrons. The van der Waals surface area contributed by atoms with Gasteiger partial charge < -0.3 is 19.7 Å². The van der Waals surface area contributed by atoms with E-state index < -0.39 is 6.04 Å². The van der Waals surface area contributed by atoms with Crippen LogP contribution in [0.25, 0.3) is 0 Å². The number of carbonyl (C=O) groups is 2. The monoisotopic (exact) mass is 378 g/mol. The van der Waals surface area contributed by atoms with Crippen LogP contribution in [0.5, 0.6) is 0 Å². The van der Waals surface area contributed by atoms with Gasteiger partial charge in [-0.25, -0.2) is 0 Å². The van der Waals surface area contributed by atoms with Gasteiger partial charge in [-0.2, -0.15) is 0 Å². The van der Waals surface area contributed by atoms with Crippen molar-refractivity contribution < 1.29 is 19.1 Å². The van der Waals surface area contributed by atoms with E-state index in [4.69, 9.17) is 9.47 Å². The molecule has 3 aliphatic heterocycles. The molecule has 1 spiro atoms. The maximum absolute atomic E-state index is 13.1. The molecular weight excluding hydrogens is 344 g/mol. The van der Waals surface area contributed by atoms with Crippen molar-refractivity contribution in [3.8, 4) is 0 Å². The van der Waals surface area contributed by atoms with Crippen LogP contribution in [-0.2, 0) is 19.1 Å². The molecular formula is C21H34N2O4. The summed E-state index contributed by atoms with van der Waals surface area (Å²) >= 11 is 0. The van der Waals surface area contributed by atoms with Crippen LogP contribution in [0.2, 0.25) is 0 Å². The Morgan fingerprint density at radius 2 is 1.81 bits per heavy atom. The zero-order chi connectivity index (χ0) is 19.1. The number of likely N-dealkylation sites (tertiary alicyclic amines) is 1. The Hall–Kier alpha value is -1.14. The lowest BCUT2D eigenvalue weighted by molar-refractivity contribution is -0.157. The average Bonchev–Trinajstić information content (AvgIpc) is 3.44. The Balaban J connectivity index is 1.35. The van der Waals surface area contributed by atoms with Crippen LogP contribution in [0.4, 0.5) is 0 Å². The first-order valence-electron chi connectivity index (χ1n) is 10.7. The third kappa shape index (κ3) is 4.16. The first kappa shape index (κ1) is 19.2. The standard InChI is InChI=1S/C21H34N2O4/c1-15(26-13-21-5-3-17(4-6-21)27-14-21)18(22-16(2)24)19(25)23-11-9-20(7-8-20)10-12-23/h15,17-18H,3-14H2,1-2H3,(H,22,24). The van der Waals surface area contributed by atoms with Gasteiger partial charge in [0, 0.05) is 25.4 Å². The number of nitrogens with one attached hydrogen (secondary N) is 1. The number of nitrogens with zero attached hydrogens (tertiary/aromatic N) is 1. The predicted molar refractivity (Wildman–Crippen MR) is 101 cm³/mol. The minimum absolute atomic E-state index is 0.00861. The molecule has 2 amide bonds. The zero-order valence-electron chi connectivity index (χ0n) is 16.8. The molecule has 0 aromatic carbocycles. The maximum atomic E-state index is 13.1. The molecule has 6 heteroatoms. The van der Waals surface area contributed by atoms with Crippen LogP contribution in [0.3, 0.4) is 0 Å². The van der Waals surface area contributed by atoms with Crippen LogP contribution in [0, 0.1) is 10.8 Å². The van der Waals surface area contributed by atoms with Crippen molar-refractivity contribution in [2.24, 2.45) is 10.8 Å². The van der Waals surface area contributed by atoms with Crippen LogP contribution in [0.15, 0.2) is 0 Å². The van der Waals surface area contributed by atoms with Crippen molar-refractivity contribution in [3.63, 3.8) is 0 Å². The van der Waals surface area contributed by atoms with Gasteiger partial charge in [0.05, 0.1) is 25.4 Å². The third-order valence-corrected chi connectivity index (χ3v) is 7.46. The van der Waals surface area contributed by atoms with Crippen LogP contribution in [-0.4, -0.2) is 61.3 Å². The van der Waals surface area contributed by atoms with E-state index in [9.17, 15) is 9.59 Å². The summed E-state index contributed by atoms with van der Waals surface area (Å²) in [5.41, 5.74) is 0.623. The normalized spacial score (nSPS) is 33.6. The number of amides is 2. The van der Waals surface area contributed by atoms with E-state index in [1.165, 1.54) is 19.8 Å². The minimum Gasteiger partial charge on any atom is -0.378 e. The van der Waals surface area contributed by atoms with Crippen molar-refractivity contribution in [1.29, 1.82) is 0 Å². The minimum atomic E-state index is -0.604. The van der Waals surface area contributed by atoms with E-state index in [0.29, 0.717) is 18.1 Å². The molecule has 5 rings (SSSR count). The van der Waals surface area contributed by atoms with E-state index in [0.717, 1.165) is 58.2 Å². The van der Waals surface area contributed by atoms with Gasteiger partial charge in [0.2, 0.25) is 11.8 Å². The van der Waals surface area contributed by atoms with Gasteiger partial charge in [0.1, 0.15) is 6.04 Å². The predicted octanol–water partition coefficient (Wildman–Crippen LogP) is 2.26. The second-order valence-corrected chi connectivity index (χ2v) is 9.53. The maximum Gasteiger partial charge on any atom is 0.247 e. The molecule has 0 aromatic rings. The number of hydrogen-bond acceptors (Lipinski definition) is 4. The molecule has 3 heterocycles. The highest BCUT2D eigenvalue weighted by Crippen LogP contribution is 2.53. The largest absolute Gasteiger partial charge is 0.378 e. The summed E-state index contributed by atoms with van der Waals surface area (Å²) < 4.78 is 12.1. The van der Waals surface area contributed by atoms with Crippen LogP contribution in [0.1, 0.15) is 65.2 Å². The molecule has 3 saturated heterocycles. The fraction of sp³-hybridized carbons (Fsp3) is 0.905. The van der Waals surface area contributed by atoms with Gasteiger partial charge in [-0.15, -0.1) is 0 Å². The first-order chi connectivity index (χ1) is 12.9. The molecule has 2 atom stereocenters. The highest BCUT2D eigenvalue weighted by atomic mass is 16.5. The fourth-order valence-corrected chi connectivity index (χ4v) is 5.07. The van der Waals surface area contributed by atoms with Crippen molar-refractivity contribution in [3.05, 3.63) is 0 Å². The molecule has 1 N–H and O–H groups in total. The number of piperidine rings is 1. The topological polar surface area (TPSA) is 67.9 Å². The summed E-state index contributed by atoms with van der Waals surface area (Å²) in [6, 6.07) is -0.604. The Morgan fingerprint density at radius 3 is 2.33 bits per heavy atom. The van der Waals surface area contributed by atoms with Gasteiger partial charge in [0.15, 0.2) is 0 Å². The molecule has 2 bridgehead atoms. The molecule has 5 aliphatic rings. The zero-order valence-corrected chi connectivity index (χ0v) is 16.8. The van der Waals surface area contributed by atoms with Crippen LogP contribution < -0.4 is 5.32 Å². The van der Waals surface area contributed by atoms with Gasteiger partial charge in [-0.3, -0.25) is 9.59 Å². The lowest BCUT2D eigenvalue weighted by atomic mass is 9.72. The highest BCUT2D eigenvalue weighted by molar-refractivity contribution is 5.87. The number of carbonyl (C=O) groups excluding carboxylic acids is 2. The summed E-state index contributed by atoms with van der Waals surface area (Å²) in [7, 11) is 0. The van der Waals surface area contributed by atoms with Crippen LogP contribution >= 0.6 is 0 Å². The van der Waals surface area contributed by atoms with Gasteiger partial charge in [-0.05, 0) is 63.7 Å². The Morgan fingerprint density at radius 1 is 1.15 bits per heavy atom. The lowest BCUT2D eigenvalue weighted by Gasteiger charge is -2.46. The van der Waals surface area contributed by atoms with Crippen molar-refractivity contribution in [2.45, 2.75) is 83.5 Å². The quantitative estimate of drug-likeness (QED) is 0.770. The second-order valence-electron chi connectivity index (χ2n) is 9.53. The van der Waals surface area contributed by atoms with Gasteiger partial charge in [-0.1, -0.05) is 0 Å². The number of ether oxygens (including phenoxy) is 2. The molecule has 2 saturated carbocycles. The summed E-state index contributed by atoms with van der Waals surface area (Å²) in [6.45, 7) is 6.36. The van der Waals surface area contributed by atoms with E-state index in [-0.39, 0.29) is 23.3 Å². The average molecular weight is 379 g/mol. The summed E-state index contributed by atoms with van der Waals surface area (Å²) in [5, 5.41) is 2.85. The number of rotatable bonds is 6. The van der Waals surface area contributed by atoms with E-state index in [2.05, 4.69) is 5.32 Å². The number of fused-ring (bicyclic) bond motifs is 3. The molecule has 5 fully saturated rings. The molecule has 2 unspecified atom stereocenters. The molecule has 6 nitrogen and oxygen atoms in total. The van der Waals surface area contributed by atoms with Crippen molar-refractivity contribution in [2.75, 3.05) is 26.3 Å². The van der Waals surface area contributed by atoms with E-state index in [1.807, 2.05) is 11.8 Å². The fourth-order valence-electron chi connectivity index (χ4n) is 5.07. The highest BCUT2D eigenvalue weighted by Gasteiger charge is 2.46. The summed E-state index contributed by atoms with van der Waals surface area (Å²) in [6.07, 6.45) is 9.42. The number of hydrogen-bond donors (Lipinski definition) is 1. The van der Waals surface area contributed by atoms with E-state index >= 15 is 0 Å². The molecule has 0 radical (unpaired) electrons. The Bertz CT molecular complexity index is 557. The molecule has 0 aromatic heterocycles.